The van der Waals surface area contributed by atoms with E-state index in [1.54, 1.807) is 16.7 Å². The molecule has 1 amide bonds. The Kier molecular flexibility index (Phi) is 5.87. The minimum absolute atomic E-state index is 0.0642. The fourth-order valence-corrected chi connectivity index (χ4v) is 3.05. The standard InChI is InChI=1S/C17H30N4O3/c1-17(2,3)24-16(22)21-12-15(23-6)7-14(21)11-19(4)9-13-8-18-20(5)10-13/h8,10,14-15H,7,9,11-12H2,1-6H3/t14-,15+/m0/s1. The highest BCUT2D eigenvalue weighted by molar-refractivity contribution is 5.69. The second-order valence-electron chi connectivity index (χ2n) is 7.60. The van der Waals surface area contributed by atoms with Gasteiger partial charge in [-0.2, -0.15) is 5.10 Å². The monoisotopic (exact) mass is 338 g/mol. The molecule has 0 aliphatic carbocycles. The molecule has 0 unspecified atom stereocenters. The summed E-state index contributed by atoms with van der Waals surface area (Å²) in [5.74, 6) is 0. The Morgan fingerprint density at radius 1 is 1.46 bits per heavy atom. The van der Waals surface area contributed by atoms with Gasteiger partial charge in [-0.3, -0.25) is 9.58 Å². The molecule has 1 aromatic heterocycles. The molecule has 0 aromatic carbocycles. The van der Waals surface area contributed by atoms with Crippen LogP contribution in [0.4, 0.5) is 4.79 Å². The zero-order chi connectivity index (χ0) is 17.9. The Labute approximate surface area is 144 Å². The summed E-state index contributed by atoms with van der Waals surface area (Å²) in [5, 5.41) is 4.20. The first-order valence-corrected chi connectivity index (χ1v) is 8.36. The summed E-state index contributed by atoms with van der Waals surface area (Å²) in [6.45, 7) is 7.81. The zero-order valence-electron chi connectivity index (χ0n) is 15.7. The van der Waals surface area contributed by atoms with Crippen molar-refractivity contribution in [1.29, 1.82) is 0 Å². The largest absolute Gasteiger partial charge is 0.444 e. The molecule has 0 saturated carbocycles. The lowest BCUT2D eigenvalue weighted by atomic mass is 10.2. The molecule has 7 nitrogen and oxygen atoms in total. The van der Waals surface area contributed by atoms with E-state index in [0.717, 1.165) is 25.1 Å². The number of likely N-dealkylation sites (tertiary alicyclic amines) is 1. The van der Waals surface area contributed by atoms with Crippen LogP contribution in [0.2, 0.25) is 0 Å². The zero-order valence-corrected chi connectivity index (χ0v) is 15.7. The van der Waals surface area contributed by atoms with Crippen molar-refractivity contribution in [2.75, 3.05) is 27.2 Å². The first-order valence-electron chi connectivity index (χ1n) is 8.36. The van der Waals surface area contributed by atoms with Crippen molar-refractivity contribution in [2.24, 2.45) is 7.05 Å². The van der Waals surface area contributed by atoms with Gasteiger partial charge in [0.2, 0.25) is 0 Å². The molecular weight excluding hydrogens is 308 g/mol. The number of hydrogen-bond acceptors (Lipinski definition) is 5. The minimum Gasteiger partial charge on any atom is -0.444 e. The van der Waals surface area contributed by atoms with Crippen LogP contribution in [0.1, 0.15) is 32.8 Å². The van der Waals surface area contributed by atoms with E-state index in [0.29, 0.717) is 6.54 Å². The predicted molar refractivity (Wildman–Crippen MR) is 91.7 cm³/mol. The highest BCUT2D eigenvalue weighted by Gasteiger charge is 2.38. The number of nitrogens with zero attached hydrogens (tertiary/aromatic N) is 4. The highest BCUT2D eigenvalue weighted by atomic mass is 16.6. The van der Waals surface area contributed by atoms with E-state index >= 15 is 0 Å². The van der Waals surface area contributed by atoms with Crippen LogP contribution in [0.15, 0.2) is 12.4 Å². The Morgan fingerprint density at radius 2 is 2.17 bits per heavy atom. The van der Waals surface area contributed by atoms with Crippen molar-refractivity contribution in [2.45, 2.75) is 51.5 Å². The van der Waals surface area contributed by atoms with Gasteiger partial charge in [-0.1, -0.05) is 0 Å². The summed E-state index contributed by atoms with van der Waals surface area (Å²) in [6.07, 6.45) is 4.51. The third kappa shape index (κ3) is 5.21. The maximum absolute atomic E-state index is 12.5. The van der Waals surface area contributed by atoms with Crippen molar-refractivity contribution in [3.63, 3.8) is 0 Å². The molecule has 136 valence electrons. The Balaban J connectivity index is 1.98. The molecule has 0 radical (unpaired) electrons. The Bertz CT molecular complexity index is 552. The number of amides is 1. The molecule has 2 atom stereocenters. The highest BCUT2D eigenvalue weighted by Crippen LogP contribution is 2.23. The molecule has 0 N–H and O–H groups in total. The Hall–Kier alpha value is -1.60. The number of likely N-dealkylation sites (N-methyl/N-ethyl adjacent to an activating group) is 1. The molecule has 7 heteroatoms. The van der Waals surface area contributed by atoms with Crippen molar-refractivity contribution < 1.29 is 14.3 Å². The normalized spacial score (nSPS) is 21.5. The van der Waals surface area contributed by atoms with E-state index < -0.39 is 5.60 Å². The summed E-state index contributed by atoms with van der Waals surface area (Å²) in [7, 11) is 5.66. The molecule has 2 rings (SSSR count). The lowest BCUT2D eigenvalue weighted by molar-refractivity contribution is 0.0176. The molecule has 1 aromatic rings. The molecule has 0 spiro atoms. The third-order valence-corrected chi connectivity index (χ3v) is 4.07. The number of methoxy groups -OCH3 is 1. The maximum atomic E-state index is 12.5. The van der Waals surface area contributed by atoms with Crippen molar-refractivity contribution >= 4 is 6.09 Å². The third-order valence-electron chi connectivity index (χ3n) is 4.07. The van der Waals surface area contributed by atoms with Gasteiger partial charge in [0.25, 0.3) is 0 Å². The van der Waals surface area contributed by atoms with Gasteiger partial charge in [-0.15, -0.1) is 0 Å². The van der Waals surface area contributed by atoms with Crippen LogP contribution in [0, 0.1) is 0 Å². The van der Waals surface area contributed by atoms with Gasteiger partial charge in [0, 0.05) is 39.0 Å². The molecular formula is C17H30N4O3. The lowest BCUT2D eigenvalue weighted by Gasteiger charge is -2.30. The molecule has 1 fully saturated rings. The molecule has 2 heterocycles. The molecule has 1 saturated heterocycles. The van der Waals surface area contributed by atoms with Gasteiger partial charge in [-0.05, 0) is 34.2 Å². The van der Waals surface area contributed by atoms with Gasteiger partial charge >= 0.3 is 6.09 Å². The van der Waals surface area contributed by atoms with Crippen LogP contribution in [-0.4, -0.2) is 70.7 Å². The summed E-state index contributed by atoms with van der Waals surface area (Å²) in [6, 6.07) is 0.0893. The first-order chi connectivity index (χ1) is 11.2. The number of aromatic nitrogens is 2. The summed E-state index contributed by atoms with van der Waals surface area (Å²) < 4.78 is 12.8. The van der Waals surface area contributed by atoms with Crippen LogP contribution >= 0.6 is 0 Å². The SMILES string of the molecule is CO[C@@H]1C[C@@H](CN(C)Cc2cnn(C)c2)N(C(=O)OC(C)(C)C)C1. The van der Waals surface area contributed by atoms with Crippen LogP contribution in [0.25, 0.3) is 0 Å². The van der Waals surface area contributed by atoms with E-state index in [4.69, 9.17) is 9.47 Å². The van der Waals surface area contributed by atoms with Crippen LogP contribution in [0.5, 0.6) is 0 Å². The van der Waals surface area contributed by atoms with Crippen LogP contribution in [0.3, 0.4) is 0 Å². The van der Waals surface area contributed by atoms with Crippen molar-refractivity contribution in [3.8, 4) is 0 Å². The van der Waals surface area contributed by atoms with Gasteiger partial charge < -0.3 is 14.4 Å². The van der Waals surface area contributed by atoms with E-state index in [2.05, 4.69) is 17.0 Å². The van der Waals surface area contributed by atoms with Crippen molar-refractivity contribution in [1.82, 2.24) is 19.6 Å². The second-order valence-corrected chi connectivity index (χ2v) is 7.60. The number of ether oxygens (including phenoxy) is 2. The fourth-order valence-electron chi connectivity index (χ4n) is 3.05. The number of carbonyl (C=O) groups is 1. The smallest absolute Gasteiger partial charge is 0.410 e. The molecule has 1 aliphatic rings. The number of rotatable bonds is 5. The average molecular weight is 338 g/mol. The topological polar surface area (TPSA) is 59.8 Å². The summed E-state index contributed by atoms with van der Waals surface area (Å²) in [5.41, 5.74) is 0.666. The van der Waals surface area contributed by atoms with Crippen LogP contribution in [-0.2, 0) is 23.1 Å². The number of aryl methyl sites for hydroxylation is 1. The van der Waals surface area contributed by atoms with Gasteiger partial charge in [0.05, 0.1) is 24.9 Å². The lowest BCUT2D eigenvalue weighted by Crippen LogP contribution is -2.44. The molecule has 24 heavy (non-hydrogen) atoms. The van der Waals surface area contributed by atoms with E-state index in [-0.39, 0.29) is 18.2 Å². The van der Waals surface area contributed by atoms with Crippen LogP contribution < -0.4 is 0 Å². The van der Waals surface area contributed by atoms with Crippen molar-refractivity contribution in [3.05, 3.63) is 18.0 Å². The molecule has 1 aliphatic heterocycles. The summed E-state index contributed by atoms with van der Waals surface area (Å²) >= 11 is 0. The van der Waals surface area contributed by atoms with Gasteiger partial charge in [0.1, 0.15) is 5.60 Å². The minimum atomic E-state index is -0.492. The number of hydrogen-bond donors (Lipinski definition) is 0. The maximum Gasteiger partial charge on any atom is 0.410 e. The fraction of sp³-hybridized carbons (Fsp3) is 0.765. The number of carbonyl (C=O) groups excluding carboxylic acids is 1. The quantitative estimate of drug-likeness (QED) is 0.820. The summed E-state index contributed by atoms with van der Waals surface area (Å²) in [4.78, 5) is 16.5. The van der Waals surface area contributed by atoms with E-state index in [1.165, 1.54) is 0 Å². The average Bonchev–Trinajstić information content (AvgIpc) is 3.03. The van der Waals surface area contributed by atoms with Gasteiger partial charge in [-0.25, -0.2) is 4.79 Å². The second kappa shape index (κ2) is 7.53. The first kappa shape index (κ1) is 18.7. The molecule has 0 bridgehead atoms. The van der Waals surface area contributed by atoms with E-state index in [9.17, 15) is 4.79 Å². The predicted octanol–water partition coefficient (Wildman–Crippen LogP) is 1.88. The Morgan fingerprint density at radius 3 is 2.71 bits per heavy atom. The van der Waals surface area contributed by atoms with E-state index in [1.807, 2.05) is 40.2 Å². The van der Waals surface area contributed by atoms with Gasteiger partial charge in [0.15, 0.2) is 0 Å².